The smallest absolute Gasteiger partial charge is 0.207 e. The van der Waals surface area contributed by atoms with Gasteiger partial charge in [0.05, 0.1) is 16.5 Å². The lowest BCUT2D eigenvalue weighted by molar-refractivity contribution is 0.445. The van der Waals surface area contributed by atoms with Gasteiger partial charge in [-0.25, -0.2) is 26.3 Å². The van der Waals surface area contributed by atoms with Crippen LogP contribution in [0.15, 0.2) is 41.3 Å². The van der Waals surface area contributed by atoms with Crippen molar-refractivity contribution >= 4 is 10.0 Å². The van der Waals surface area contributed by atoms with Gasteiger partial charge in [-0.15, -0.1) is 0 Å². The Morgan fingerprint density at radius 3 is 2.09 bits per heavy atom. The third-order valence-electron chi connectivity index (χ3n) is 2.80. The SMILES string of the molecule is N#Cc1ccc(S(=O)(=O)NCc2cc(F)c(F)c(F)c2)cc1. The Labute approximate surface area is 124 Å². The van der Waals surface area contributed by atoms with Gasteiger partial charge in [-0.2, -0.15) is 5.26 Å². The molecule has 8 heteroatoms. The van der Waals surface area contributed by atoms with Crippen molar-refractivity contribution in [1.82, 2.24) is 4.72 Å². The third-order valence-corrected chi connectivity index (χ3v) is 4.22. The molecule has 2 aromatic rings. The highest BCUT2D eigenvalue weighted by atomic mass is 32.2. The van der Waals surface area contributed by atoms with Crippen LogP contribution in [0.2, 0.25) is 0 Å². The number of nitrogens with one attached hydrogen (secondary N) is 1. The number of benzene rings is 2. The van der Waals surface area contributed by atoms with Crippen LogP contribution in [0.1, 0.15) is 11.1 Å². The van der Waals surface area contributed by atoms with E-state index in [1.807, 2.05) is 6.07 Å². The van der Waals surface area contributed by atoms with E-state index in [4.69, 9.17) is 5.26 Å². The number of nitrogens with zero attached hydrogens (tertiary/aromatic N) is 1. The van der Waals surface area contributed by atoms with Crippen LogP contribution in [0.5, 0.6) is 0 Å². The lowest BCUT2D eigenvalue weighted by Crippen LogP contribution is -2.23. The van der Waals surface area contributed by atoms with Gasteiger partial charge >= 0.3 is 0 Å². The molecule has 0 radical (unpaired) electrons. The summed E-state index contributed by atoms with van der Waals surface area (Å²) >= 11 is 0. The van der Waals surface area contributed by atoms with Gasteiger partial charge in [-0.1, -0.05) is 0 Å². The molecule has 0 spiro atoms. The number of halogens is 3. The summed E-state index contributed by atoms with van der Waals surface area (Å²) in [5, 5.41) is 8.64. The van der Waals surface area contributed by atoms with Crippen molar-refractivity contribution in [2.45, 2.75) is 11.4 Å². The Bertz CT molecular complexity index is 820. The molecule has 0 aliphatic rings. The number of hydrogen-bond acceptors (Lipinski definition) is 3. The Morgan fingerprint density at radius 2 is 1.59 bits per heavy atom. The Balaban J connectivity index is 2.17. The summed E-state index contributed by atoms with van der Waals surface area (Å²) in [6.07, 6.45) is 0. The predicted octanol–water partition coefficient (Wildman–Crippen LogP) is 2.45. The van der Waals surface area contributed by atoms with E-state index >= 15 is 0 Å². The summed E-state index contributed by atoms with van der Waals surface area (Å²) in [7, 11) is -3.92. The molecule has 0 heterocycles. The summed E-state index contributed by atoms with van der Waals surface area (Å²) in [4.78, 5) is -0.102. The predicted molar refractivity (Wildman–Crippen MR) is 71.5 cm³/mol. The van der Waals surface area contributed by atoms with Gasteiger partial charge in [0.2, 0.25) is 10.0 Å². The molecular weight excluding hydrogens is 317 g/mol. The Hall–Kier alpha value is -2.37. The molecule has 1 N–H and O–H groups in total. The van der Waals surface area contributed by atoms with Gasteiger partial charge in [0, 0.05) is 6.54 Å². The molecule has 0 bridgehead atoms. The van der Waals surface area contributed by atoms with Crippen molar-refractivity contribution < 1.29 is 21.6 Å². The standard InChI is InChI=1S/C14H9F3N2O2S/c15-12-5-10(6-13(16)14(12)17)8-19-22(20,21)11-3-1-9(7-18)2-4-11/h1-6,19H,8H2. The van der Waals surface area contributed by atoms with Gasteiger partial charge in [0.25, 0.3) is 0 Å². The van der Waals surface area contributed by atoms with Crippen molar-refractivity contribution in [2.75, 3.05) is 0 Å². The molecule has 0 aliphatic heterocycles. The molecule has 0 aromatic heterocycles. The van der Waals surface area contributed by atoms with Crippen molar-refractivity contribution in [3.63, 3.8) is 0 Å². The molecular formula is C14H9F3N2O2S. The maximum Gasteiger partial charge on any atom is 0.240 e. The molecule has 0 amide bonds. The number of rotatable bonds is 4. The highest BCUT2D eigenvalue weighted by molar-refractivity contribution is 7.89. The first-order valence-electron chi connectivity index (χ1n) is 5.97. The van der Waals surface area contributed by atoms with Crippen LogP contribution in [0, 0.1) is 28.8 Å². The van der Waals surface area contributed by atoms with Crippen molar-refractivity contribution in [3.05, 3.63) is 65.0 Å². The van der Waals surface area contributed by atoms with Crippen LogP contribution in [-0.2, 0) is 16.6 Å². The molecule has 0 fully saturated rings. The fourth-order valence-electron chi connectivity index (χ4n) is 1.68. The van der Waals surface area contributed by atoms with Crippen molar-refractivity contribution in [2.24, 2.45) is 0 Å². The van der Waals surface area contributed by atoms with E-state index in [2.05, 4.69) is 4.72 Å². The van der Waals surface area contributed by atoms with Crippen LogP contribution < -0.4 is 4.72 Å². The topological polar surface area (TPSA) is 70.0 Å². The van der Waals surface area contributed by atoms with Crippen molar-refractivity contribution in [3.8, 4) is 6.07 Å². The molecule has 0 saturated carbocycles. The number of sulfonamides is 1. The molecule has 0 atom stereocenters. The maximum atomic E-state index is 13.0. The normalized spacial score (nSPS) is 11.2. The third kappa shape index (κ3) is 3.44. The van der Waals surface area contributed by atoms with E-state index in [-0.39, 0.29) is 10.5 Å². The van der Waals surface area contributed by atoms with Crippen LogP contribution in [0.3, 0.4) is 0 Å². The number of nitriles is 1. The second-order valence-corrected chi connectivity index (χ2v) is 6.10. The fourth-order valence-corrected chi connectivity index (χ4v) is 2.70. The Morgan fingerprint density at radius 1 is 1.05 bits per heavy atom. The van der Waals surface area contributed by atoms with Gasteiger partial charge in [0.1, 0.15) is 0 Å². The van der Waals surface area contributed by atoms with Gasteiger partial charge in [-0.3, -0.25) is 0 Å². The molecule has 22 heavy (non-hydrogen) atoms. The minimum atomic E-state index is -3.92. The van der Waals surface area contributed by atoms with Crippen LogP contribution >= 0.6 is 0 Å². The summed E-state index contributed by atoms with van der Waals surface area (Å²) < 4.78 is 65.0. The molecule has 114 valence electrons. The zero-order chi connectivity index (χ0) is 16.3. The largest absolute Gasteiger partial charge is 0.240 e. The van der Waals surface area contributed by atoms with E-state index < -0.39 is 34.0 Å². The average Bonchev–Trinajstić information content (AvgIpc) is 2.50. The molecule has 0 unspecified atom stereocenters. The highest BCUT2D eigenvalue weighted by Gasteiger charge is 2.15. The minimum Gasteiger partial charge on any atom is -0.207 e. The number of hydrogen-bond donors (Lipinski definition) is 1. The molecule has 0 aliphatic carbocycles. The quantitative estimate of drug-likeness (QED) is 0.878. The van der Waals surface area contributed by atoms with Crippen LogP contribution in [0.25, 0.3) is 0 Å². The van der Waals surface area contributed by atoms with E-state index in [0.717, 1.165) is 0 Å². The molecule has 0 saturated heterocycles. The van der Waals surface area contributed by atoms with Crippen LogP contribution in [0.4, 0.5) is 13.2 Å². The highest BCUT2D eigenvalue weighted by Crippen LogP contribution is 2.15. The summed E-state index contributed by atoms with van der Waals surface area (Å²) in [5.41, 5.74) is 0.232. The van der Waals surface area contributed by atoms with E-state index in [1.54, 1.807) is 0 Å². The maximum absolute atomic E-state index is 13.0. The summed E-state index contributed by atoms with van der Waals surface area (Å²) in [6, 6.07) is 8.37. The second kappa shape index (κ2) is 6.17. The minimum absolute atomic E-state index is 0.0615. The first-order valence-corrected chi connectivity index (χ1v) is 7.45. The lowest BCUT2D eigenvalue weighted by Gasteiger charge is -2.07. The van der Waals surface area contributed by atoms with Crippen LogP contribution in [-0.4, -0.2) is 8.42 Å². The summed E-state index contributed by atoms with van der Waals surface area (Å²) in [6.45, 7) is -0.406. The van der Waals surface area contributed by atoms with Gasteiger partial charge < -0.3 is 0 Å². The van der Waals surface area contributed by atoms with Gasteiger partial charge in [-0.05, 0) is 42.0 Å². The first-order chi connectivity index (χ1) is 10.3. The fraction of sp³-hybridized carbons (Fsp3) is 0.0714. The van der Waals surface area contributed by atoms with E-state index in [0.29, 0.717) is 17.7 Å². The zero-order valence-electron chi connectivity index (χ0n) is 11.0. The molecule has 4 nitrogen and oxygen atoms in total. The first kappa shape index (κ1) is 16.0. The van der Waals surface area contributed by atoms with E-state index in [9.17, 15) is 21.6 Å². The summed E-state index contributed by atoms with van der Waals surface area (Å²) in [5.74, 6) is -4.40. The van der Waals surface area contributed by atoms with Crippen molar-refractivity contribution in [1.29, 1.82) is 5.26 Å². The Kier molecular flexibility index (Phi) is 4.49. The molecule has 2 rings (SSSR count). The van der Waals surface area contributed by atoms with E-state index in [1.165, 1.54) is 24.3 Å². The monoisotopic (exact) mass is 326 g/mol. The lowest BCUT2D eigenvalue weighted by atomic mass is 10.2. The van der Waals surface area contributed by atoms with Gasteiger partial charge in [0.15, 0.2) is 17.5 Å². The zero-order valence-corrected chi connectivity index (χ0v) is 11.8. The average molecular weight is 326 g/mol. The second-order valence-electron chi connectivity index (χ2n) is 4.33. The molecule has 2 aromatic carbocycles.